The van der Waals surface area contributed by atoms with Crippen LogP contribution in [0.5, 0.6) is 0 Å². The predicted octanol–water partition coefficient (Wildman–Crippen LogP) is 1.48. The van der Waals surface area contributed by atoms with Crippen LogP contribution in [0, 0.1) is 5.82 Å². The lowest BCUT2D eigenvalue weighted by Gasteiger charge is -2.13. The van der Waals surface area contributed by atoms with E-state index in [2.05, 4.69) is 15.0 Å². The largest absolute Gasteiger partial charge is 0.356 e. The molecule has 23 heavy (non-hydrogen) atoms. The molecule has 1 heterocycles. The van der Waals surface area contributed by atoms with E-state index in [0.29, 0.717) is 18.4 Å². The van der Waals surface area contributed by atoms with E-state index >= 15 is 0 Å². The van der Waals surface area contributed by atoms with Gasteiger partial charge in [0.1, 0.15) is 16.4 Å². The molecular formula is C15H16FN3O3S. The molecule has 1 aromatic heterocycles. The Bertz CT molecular complexity index is 861. The number of aromatic nitrogens is 1. The Hall–Kier alpha value is -2.19. The normalized spacial score (nSPS) is 17.0. The zero-order valence-corrected chi connectivity index (χ0v) is 13.2. The summed E-state index contributed by atoms with van der Waals surface area (Å²) in [5.74, 6) is -0.689. The molecule has 122 valence electrons. The summed E-state index contributed by atoms with van der Waals surface area (Å²) < 4.78 is 39.2. The molecule has 0 radical (unpaired) electrons. The Balaban J connectivity index is 1.78. The van der Waals surface area contributed by atoms with Crippen molar-refractivity contribution in [3.8, 4) is 0 Å². The Labute approximate surface area is 133 Å². The van der Waals surface area contributed by atoms with Crippen molar-refractivity contribution in [2.24, 2.45) is 0 Å². The number of benzene rings is 1. The molecule has 0 bridgehead atoms. The average Bonchev–Trinajstić information content (AvgIpc) is 3.16. The van der Waals surface area contributed by atoms with Gasteiger partial charge in [0.2, 0.25) is 10.0 Å². The highest BCUT2D eigenvalue weighted by Crippen LogP contribution is 2.32. The molecular weight excluding hydrogens is 321 g/mol. The van der Waals surface area contributed by atoms with Crippen LogP contribution in [-0.2, 0) is 16.4 Å². The molecule has 0 fully saturated rings. The molecule has 3 rings (SSSR count). The summed E-state index contributed by atoms with van der Waals surface area (Å²) in [4.78, 5) is 14.9. The first-order valence-corrected chi connectivity index (χ1v) is 8.61. The molecule has 0 aliphatic heterocycles. The summed E-state index contributed by atoms with van der Waals surface area (Å²) in [5.41, 5.74) is 1.54. The number of fused-ring (bicyclic) bond motifs is 1. The van der Waals surface area contributed by atoms with E-state index in [1.807, 2.05) is 0 Å². The van der Waals surface area contributed by atoms with Crippen molar-refractivity contribution in [1.82, 2.24) is 15.0 Å². The molecule has 1 aromatic carbocycles. The van der Waals surface area contributed by atoms with Crippen LogP contribution in [0.3, 0.4) is 0 Å². The molecule has 2 aromatic rings. The predicted molar refractivity (Wildman–Crippen MR) is 82.0 cm³/mol. The number of carbonyl (C=O) groups is 1. The minimum atomic E-state index is -3.60. The molecule has 1 aliphatic carbocycles. The van der Waals surface area contributed by atoms with Crippen LogP contribution in [0.1, 0.15) is 34.1 Å². The second-order valence-corrected chi connectivity index (χ2v) is 7.22. The monoisotopic (exact) mass is 337 g/mol. The average molecular weight is 337 g/mol. The fourth-order valence-electron chi connectivity index (χ4n) is 2.77. The lowest BCUT2D eigenvalue weighted by atomic mass is 10.1. The maximum atomic E-state index is 13.7. The highest BCUT2D eigenvalue weighted by Gasteiger charge is 2.27. The minimum Gasteiger partial charge on any atom is -0.356 e. The molecule has 1 amide bonds. The van der Waals surface area contributed by atoms with Crippen LogP contribution in [0.2, 0.25) is 0 Å². The summed E-state index contributed by atoms with van der Waals surface area (Å²) in [5, 5.41) is 2.81. The van der Waals surface area contributed by atoms with Gasteiger partial charge in [-0.15, -0.1) is 0 Å². The van der Waals surface area contributed by atoms with Gasteiger partial charge in [-0.05, 0) is 43.1 Å². The van der Waals surface area contributed by atoms with Gasteiger partial charge in [-0.3, -0.25) is 4.79 Å². The number of carbonyl (C=O) groups excluding carboxylic acids is 1. The van der Waals surface area contributed by atoms with Crippen LogP contribution >= 0.6 is 0 Å². The molecule has 8 heteroatoms. The number of halogens is 1. The molecule has 6 nitrogen and oxygen atoms in total. The van der Waals surface area contributed by atoms with E-state index in [9.17, 15) is 17.6 Å². The Morgan fingerprint density at radius 2 is 2.17 bits per heavy atom. The molecule has 0 spiro atoms. The van der Waals surface area contributed by atoms with E-state index in [4.69, 9.17) is 0 Å². The van der Waals surface area contributed by atoms with Gasteiger partial charge in [0.05, 0.1) is 6.04 Å². The first-order valence-electron chi connectivity index (χ1n) is 7.12. The molecule has 1 atom stereocenters. The van der Waals surface area contributed by atoms with Crippen molar-refractivity contribution in [3.05, 3.63) is 53.1 Å². The van der Waals surface area contributed by atoms with Crippen molar-refractivity contribution >= 4 is 15.9 Å². The first kappa shape index (κ1) is 15.7. The van der Waals surface area contributed by atoms with Crippen LogP contribution in [-0.4, -0.2) is 26.4 Å². The maximum Gasteiger partial charge on any atom is 0.268 e. The summed E-state index contributed by atoms with van der Waals surface area (Å²) in [7, 11) is -2.31. The van der Waals surface area contributed by atoms with Crippen LogP contribution in [0.4, 0.5) is 4.39 Å². The van der Waals surface area contributed by atoms with Gasteiger partial charge in [-0.25, -0.2) is 17.5 Å². The smallest absolute Gasteiger partial charge is 0.268 e. The van der Waals surface area contributed by atoms with E-state index in [0.717, 1.165) is 5.56 Å². The van der Waals surface area contributed by atoms with Gasteiger partial charge in [-0.2, -0.15) is 0 Å². The Kier molecular flexibility index (Phi) is 3.95. The van der Waals surface area contributed by atoms with Crippen LogP contribution in [0.15, 0.2) is 35.4 Å². The van der Waals surface area contributed by atoms with Gasteiger partial charge >= 0.3 is 0 Å². The van der Waals surface area contributed by atoms with Crippen molar-refractivity contribution in [1.29, 1.82) is 0 Å². The van der Waals surface area contributed by atoms with Gasteiger partial charge in [0, 0.05) is 6.20 Å². The standard InChI is InChI=1S/C15H16FN3O3S/c1-17-23(21,22)9-7-14(18-8-9)15(20)19-13-6-5-10-11(13)3-2-4-12(10)16/h2-4,7-8,13,17-18H,5-6H2,1H3,(H,19,20). The van der Waals surface area contributed by atoms with Crippen molar-refractivity contribution in [2.45, 2.75) is 23.8 Å². The second-order valence-electron chi connectivity index (χ2n) is 5.33. The Morgan fingerprint density at radius 1 is 1.39 bits per heavy atom. The lowest BCUT2D eigenvalue weighted by molar-refractivity contribution is 0.0932. The van der Waals surface area contributed by atoms with E-state index in [1.54, 1.807) is 12.1 Å². The third kappa shape index (κ3) is 2.87. The second kappa shape index (κ2) is 5.78. The number of sulfonamides is 1. The van der Waals surface area contributed by atoms with E-state index in [1.165, 1.54) is 25.4 Å². The Morgan fingerprint density at radius 3 is 2.91 bits per heavy atom. The number of aromatic amines is 1. The first-order chi connectivity index (χ1) is 10.9. The highest BCUT2D eigenvalue weighted by molar-refractivity contribution is 7.89. The lowest BCUT2D eigenvalue weighted by Crippen LogP contribution is -2.27. The van der Waals surface area contributed by atoms with Crippen LogP contribution < -0.4 is 10.0 Å². The van der Waals surface area contributed by atoms with E-state index in [-0.39, 0.29) is 22.4 Å². The van der Waals surface area contributed by atoms with Crippen molar-refractivity contribution in [3.63, 3.8) is 0 Å². The summed E-state index contributed by atoms with van der Waals surface area (Å²) >= 11 is 0. The third-order valence-electron chi connectivity index (χ3n) is 4.00. The number of hydrogen-bond donors (Lipinski definition) is 3. The molecule has 3 N–H and O–H groups in total. The van der Waals surface area contributed by atoms with E-state index < -0.39 is 15.9 Å². The number of amides is 1. The fourth-order valence-corrected chi connectivity index (χ4v) is 3.50. The number of hydrogen-bond acceptors (Lipinski definition) is 3. The molecule has 1 aliphatic rings. The molecule has 0 saturated heterocycles. The SMILES string of the molecule is CNS(=O)(=O)c1c[nH]c(C(=O)NC2CCc3c(F)cccc32)c1. The van der Waals surface area contributed by atoms with Crippen LogP contribution in [0.25, 0.3) is 0 Å². The van der Waals surface area contributed by atoms with Gasteiger partial charge in [0.15, 0.2) is 0 Å². The summed E-state index contributed by atoms with van der Waals surface area (Å²) in [6.07, 6.45) is 2.43. The number of H-pyrrole nitrogens is 1. The minimum absolute atomic E-state index is 0.0111. The van der Waals surface area contributed by atoms with Gasteiger partial charge in [-0.1, -0.05) is 12.1 Å². The topological polar surface area (TPSA) is 91.1 Å². The molecule has 1 unspecified atom stereocenters. The fraction of sp³-hybridized carbons (Fsp3) is 0.267. The third-order valence-corrected chi connectivity index (χ3v) is 5.39. The quantitative estimate of drug-likeness (QED) is 0.789. The highest BCUT2D eigenvalue weighted by atomic mass is 32.2. The molecule has 0 saturated carbocycles. The zero-order valence-electron chi connectivity index (χ0n) is 12.4. The van der Waals surface area contributed by atoms with Gasteiger partial charge in [0.25, 0.3) is 5.91 Å². The van der Waals surface area contributed by atoms with Crippen molar-refractivity contribution < 1.29 is 17.6 Å². The number of nitrogens with one attached hydrogen (secondary N) is 3. The summed E-state index contributed by atoms with van der Waals surface area (Å²) in [6, 6.07) is 5.80. The zero-order chi connectivity index (χ0) is 16.6. The number of rotatable bonds is 4. The summed E-state index contributed by atoms with van der Waals surface area (Å²) in [6.45, 7) is 0. The maximum absolute atomic E-state index is 13.7. The van der Waals surface area contributed by atoms with Crippen molar-refractivity contribution in [2.75, 3.05) is 7.05 Å². The van der Waals surface area contributed by atoms with Gasteiger partial charge < -0.3 is 10.3 Å².